The molecule has 1 unspecified atom stereocenters. The molecule has 0 bridgehead atoms. The molecule has 2 N–H and O–H groups in total. The summed E-state index contributed by atoms with van der Waals surface area (Å²) in [4.78, 5) is 2.25. The third kappa shape index (κ3) is 2.68. The Morgan fingerprint density at radius 3 is 2.55 bits per heavy atom. The van der Waals surface area contributed by atoms with E-state index in [-0.39, 0.29) is 0 Å². The molecule has 1 fully saturated rings. The maximum absolute atomic E-state index is 9.89. The predicted molar refractivity (Wildman–Crippen MR) is 49.4 cm³/mol. The van der Waals surface area contributed by atoms with Crippen molar-refractivity contribution >= 4 is 9.39 Å². The summed E-state index contributed by atoms with van der Waals surface area (Å²) >= 11 is 0. The van der Waals surface area contributed by atoms with Gasteiger partial charge in [0.2, 0.25) is 0 Å². The molecule has 1 rings (SSSR count). The Morgan fingerprint density at radius 1 is 1.55 bits per heavy atom. The smallest absolute Gasteiger partial charge is 0.0798 e. The summed E-state index contributed by atoms with van der Waals surface area (Å²) in [5.74, 6) is 0. The second-order valence-electron chi connectivity index (χ2n) is 3.41. The average Bonchev–Trinajstić information content (AvgIpc) is 1.97. The third-order valence-corrected chi connectivity index (χ3v) is 2.55. The van der Waals surface area contributed by atoms with Gasteiger partial charge in [0.05, 0.1) is 5.60 Å². The van der Waals surface area contributed by atoms with Crippen LogP contribution in [0.1, 0.15) is 12.8 Å². The first-order chi connectivity index (χ1) is 5.16. The lowest BCUT2D eigenvalue weighted by Crippen LogP contribution is -2.47. The molecule has 3 nitrogen and oxygen atoms in total. The standard InChI is InChI=1S/C7H17N2OP/c1-9-4-2-7(10,3-5-9)6-8-11/h8,10H,2-6,11H2,1H3. The Labute approximate surface area is 70.4 Å². The number of aliphatic hydroxyl groups is 1. The molecule has 66 valence electrons. The second kappa shape index (κ2) is 3.81. The number of nitrogens with one attached hydrogen (secondary N) is 1. The molecular weight excluding hydrogens is 159 g/mol. The van der Waals surface area contributed by atoms with Gasteiger partial charge in [0.15, 0.2) is 0 Å². The summed E-state index contributed by atoms with van der Waals surface area (Å²) in [7, 11) is 4.52. The van der Waals surface area contributed by atoms with Crippen molar-refractivity contribution in [3.8, 4) is 0 Å². The zero-order valence-corrected chi connectivity index (χ0v) is 8.16. The Balaban J connectivity index is 2.35. The Morgan fingerprint density at radius 2 is 2.09 bits per heavy atom. The maximum atomic E-state index is 9.89. The highest BCUT2D eigenvalue weighted by atomic mass is 31.0. The molecule has 0 radical (unpaired) electrons. The first-order valence-corrected chi connectivity index (χ1v) is 4.58. The van der Waals surface area contributed by atoms with Gasteiger partial charge in [0, 0.05) is 19.6 Å². The van der Waals surface area contributed by atoms with Crippen LogP contribution in [-0.4, -0.2) is 42.3 Å². The number of likely N-dealkylation sites (tertiary alicyclic amines) is 1. The zero-order chi connectivity index (χ0) is 8.32. The molecule has 0 aromatic heterocycles. The van der Waals surface area contributed by atoms with Crippen molar-refractivity contribution in [3.63, 3.8) is 0 Å². The van der Waals surface area contributed by atoms with Crippen LogP contribution in [-0.2, 0) is 0 Å². The lowest BCUT2D eigenvalue weighted by Gasteiger charge is -2.36. The van der Waals surface area contributed by atoms with E-state index in [0.29, 0.717) is 6.54 Å². The van der Waals surface area contributed by atoms with Gasteiger partial charge in [-0.15, -0.1) is 0 Å². The molecule has 1 aliphatic heterocycles. The van der Waals surface area contributed by atoms with Crippen LogP contribution in [0, 0.1) is 0 Å². The van der Waals surface area contributed by atoms with Gasteiger partial charge < -0.3 is 10.0 Å². The molecule has 1 aliphatic rings. The van der Waals surface area contributed by atoms with Crippen LogP contribution < -0.4 is 5.09 Å². The number of piperidine rings is 1. The van der Waals surface area contributed by atoms with Gasteiger partial charge >= 0.3 is 0 Å². The average molecular weight is 176 g/mol. The van der Waals surface area contributed by atoms with E-state index in [4.69, 9.17) is 0 Å². The van der Waals surface area contributed by atoms with Crippen LogP contribution in [0.25, 0.3) is 0 Å². The lowest BCUT2D eigenvalue weighted by atomic mass is 9.92. The summed E-state index contributed by atoms with van der Waals surface area (Å²) in [6.07, 6.45) is 1.76. The van der Waals surface area contributed by atoms with Crippen molar-refractivity contribution in [2.24, 2.45) is 0 Å². The first kappa shape index (κ1) is 9.40. The Hall–Kier alpha value is 0.310. The molecule has 0 aromatic carbocycles. The van der Waals surface area contributed by atoms with E-state index < -0.39 is 5.60 Å². The lowest BCUT2D eigenvalue weighted by molar-refractivity contribution is -0.00994. The molecule has 11 heavy (non-hydrogen) atoms. The molecule has 4 heteroatoms. The zero-order valence-electron chi connectivity index (χ0n) is 7.01. The Bertz CT molecular complexity index is 124. The molecule has 0 amide bonds. The van der Waals surface area contributed by atoms with Crippen molar-refractivity contribution in [3.05, 3.63) is 0 Å². The molecule has 1 heterocycles. The second-order valence-corrected chi connectivity index (χ2v) is 3.82. The predicted octanol–water partition coefficient (Wildman–Crippen LogP) is -0.177. The number of hydrogen-bond donors (Lipinski definition) is 2. The minimum absolute atomic E-state index is 0.464. The number of rotatable bonds is 2. The number of hydrogen-bond acceptors (Lipinski definition) is 3. The van der Waals surface area contributed by atoms with Gasteiger partial charge in [-0.05, 0) is 19.9 Å². The van der Waals surface area contributed by atoms with Gasteiger partial charge in [-0.2, -0.15) is 0 Å². The molecule has 0 aliphatic carbocycles. The normalized spacial score (nSPS) is 25.4. The highest BCUT2D eigenvalue weighted by Crippen LogP contribution is 2.20. The first-order valence-electron chi connectivity index (χ1n) is 4.01. The van der Waals surface area contributed by atoms with Crippen molar-refractivity contribution in [1.29, 1.82) is 0 Å². The van der Waals surface area contributed by atoms with Crippen molar-refractivity contribution in [2.45, 2.75) is 18.4 Å². The van der Waals surface area contributed by atoms with Crippen LogP contribution in [0.15, 0.2) is 0 Å². The fraction of sp³-hybridized carbons (Fsp3) is 1.00. The summed E-state index contributed by atoms with van der Waals surface area (Å²) in [5, 5.41) is 12.8. The van der Waals surface area contributed by atoms with E-state index in [2.05, 4.69) is 26.4 Å². The summed E-state index contributed by atoms with van der Waals surface area (Å²) in [6.45, 7) is 2.69. The maximum Gasteiger partial charge on any atom is 0.0798 e. The Kier molecular flexibility index (Phi) is 3.26. The van der Waals surface area contributed by atoms with E-state index in [9.17, 15) is 5.11 Å². The van der Waals surface area contributed by atoms with Crippen LogP contribution in [0.4, 0.5) is 0 Å². The van der Waals surface area contributed by atoms with Crippen molar-refractivity contribution in [1.82, 2.24) is 9.99 Å². The topological polar surface area (TPSA) is 35.5 Å². The van der Waals surface area contributed by atoms with Gasteiger partial charge in [-0.1, -0.05) is 9.39 Å². The highest BCUT2D eigenvalue weighted by molar-refractivity contribution is 7.13. The van der Waals surface area contributed by atoms with E-state index in [1.165, 1.54) is 0 Å². The molecule has 1 atom stereocenters. The molecule has 0 spiro atoms. The third-order valence-electron chi connectivity index (χ3n) is 2.35. The summed E-state index contributed by atoms with van der Waals surface area (Å²) < 4.78 is 0. The van der Waals surface area contributed by atoms with E-state index in [0.717, 1.165) is 25.9 Å². The van der Waals surface area contributed by atoms with Crippen LogP contribution >= 0.6 is 9.39 Å². The fourth-order valence-corrected chi connectivity index (χ4v) is 1.78. The van der Waals surface area contributed by atoms with Crippen LogP contribution in [0.2, 0.25) is 0 Å². The largest absolute Gasteiger partial charge is 0.388 e. The van der Waals surface area contributed by atoms with Crippen LogP contribution in [0.5, 0.6) is 0 Å². The molecule has 0 saturated carbocycles. The minimum Gasteiger partial charge on any atom is -0.388 e. The van der Waals surface area contributed by atoms with Gasteiger partial charge in [-0.3, -0.25) is 5.09 Å². The van der Waals surface area contributed by atoms with Gasteiger partial charge in [-0.25, -0.2) is 0 Å². The molecular formula is C7H17N2OP. The van der Waals surface area contributed by atoms with E-state index in [1.807, 2.05) is 0 Å². The quantitative estimate of drug-likeness (QED) is 0.573. The molecule has 1 saturated heterocycles. The summed E-state index contributed by atoms with van der Waals surface area (Å²) in [5.41, 5.74) is -0.464. The van der Waals surface area contributed by atoms with Gasteiger partial charge in [0.25, 0.3) is 0 Å². The SMILES string of the molecule is CN1CCC(O)(CNP)CC1. The van der Waals surface area contributed by atoms with Gasteiger partial charge in [0.1, 0.15) is 0 Å². The van der Waals surface area contributed by atoms with E-state index in [1.54, 1.807) is 0 Å². The van der Waals surface area contributed by atoms with Crippen LogP contribution in [0.3, 0.4) is 0 Å². The fourth-order valence-electron chi connectivity index (χ4n) is 1.40. The van der Waals surface area contributed by atoms with E-state index >= 15 is 0 Å². The van der Waals surface area contributed by atoms with Crippen molar-refractivity contribution in [2.75, 3.05) is 26.7 Å². The summed E-state index contributed by atoms with van der Waals surface area (Å²) in [6, 6.07) is 0. The van der Waals surface area contributed by atoms with Crippen molar-refractivity contribution < 1.29 is 5.11 Å². The minimum atomic E-state index is -0.464. The monoisotopic (exact) mass is 176 g/mol. The number of nitrogens with zero attached hydrogens (tertiary/aromatic N) is 1. The highest BCUT2D eigenvalue weighted by Gasteiger charge is 2.29. The molecule has 0 aromatic rings.